The van der Waals surface area contributed by atoms with Crippen LogP contribution in [0, 0.1) is 0 Å². The van der Waals surface area contributed by atoms with E-state index in [4.69, 9.17) is 14.2 Å². The first-order chi connectivity index (χ1) is 14.2. The molecule has 6 heteroatoms. The van der Waals surface area contributed by atoms with E-state index in [1.165, 1.54) is 25.7 Å². The van der Waals surface area contributed by atoms with E-state index >= 15 is 0 Å². The Kier molecular flexibility index (Phi) is 6.60. The Morgan fingerprint density at radius 2 is 1.90 bits per heavy atom. The van der Waals surface area contributed by atoms with Gasteiger partial charge in [0.15, 0.2) is 0 Å². The molecule has 0 bridgehead atoms. The van der Waals surface area contributed by atoms with Gasteiger partial charge in [0.2, 0.25) is 0 Å². The molecule has 4 rings (SSSR count). The zero-order valence-electron chi connectivity index (χ0n) is 17.8. The van der Waals surface area contributed by atoms with Crippen molar-refractivity contribution in [3.8, 4) is 11.5 Å². The first kappa shape index (κ1) is 20.5. The normalized spacial score (nSPS) is 24.0. The molecule has 1 aromatic carbocycles. The zero-order chi connectivity index (χ0) is 20.2. The molecule has 1 saturated carbocycles. The van der Waals surface area contributed by atoms with E-state index in [1.54, 1.807) is 18.1 Å². The summed E-state index contributed by atoms with van der Waals surface area (Å²) in [5, 5.41) is 0. The van der Waals surface area contributed by atoms with Crippen LogP contribution in [0.1, 0.15) is 55.3 Å². The average molecular weight is 403 g/mol. The average Bonchev–Trinajstić information content (AvgIpc) is 3.48. The SMILES string of the molecule is COc1ccc(OC2CCN(C3CCCC3)CC2)c(C(=O)N(C)[C@@H]2CCOC2)c1. The molecule has 6 nitrogen and oxygen atoms in total. The Bertz CT molecular complexity index is 690. The second-order valence-corrected chi connectivity index (χ2v) is 8.59. The van der Waals surface area contributed by atoms with Crippen molar-refractivity contribution in [2.24, 2.45) is 0 Å². The van der Waals surface area contributed by atoms with E-state index in [1.807, 2.05) is 19.2 Å². The molecule has 3 aliphatic rings. The van der Waals surface area contributed by atoms with E-state index < -0.39 is 0 Å². The van der Waals surface area contributed by atoms with Crippen molar-refractivity contribution < 1.29 is 19.0 Å². The fourth-order valence-electron chi connectivity index (χ4n) is 4.90. The Morgan fingerprint density at radius 1 is 1.14 bits per heavy atom. The van der Waals surface area contributed by atoms with Crippen molar-refractivity contribution in [3.63, 3.8) is 0 Å². The van der Waals surface area contributed by atoms with Crippen molar-refractivity contribution in [1.29, 1.82) is 0 Å². The van der Waals surface area contributed by atoms with Gasteiger partial charge in [-0.2, -0.15) is 0 Å². The summed E-state index contributed by atoms with van der Waals surface area (Å²) in [4.78, 5) is 17.6. The lowest BCUT2D eigenvalue weighted by molar-refractivity contribution is 0.0666. The van der Waals surface area contributed by atoms with E-state index in [9.17, 15) is 4.79 Å². The standard InChI is InChI=1S/C23H34N2O4/c1-24(18-11-14-28-16-18)23(26)21-15-20(27-2)7-8-22(21)29-19-9-12-25(13-10-19)17-5-3-4-6-17/h7-8,15,17-19H,3-6,9-14,16H2,1-2H3/t18-/m1/s1. The van der Waals surface area contributed by atoms with Crippen molar-refractivity contribution in [2.75, 3.05) is 40.5 Å². The Hall–Kier alpha value is -1.79. The molecule has 0 spiro atoms. The predicted octanol–water partition coefficient (Wildman–Crippen LogP) is 3.34. The molecule has 2 saturated heterocycles. The number of likely N-dealkylation sites (tertiary alicyclic amines) is 1. The van der Waals surface area contributed by atoms with Crippen LogP contribution in [-0.4, -0.2) is 74.4 Å². The van der Waals surface area contributed by atoms with Crippen LogP contribution in [0.25, 0.3) is 0 Å². The third-order valence-electron chi connectivity index (χ3n) is 6.80. The summed E-state index contributed by atoms with van der Waals surface area (Å²) in [6.45, 7) is 3.49. The lowest BCUT2D eigenvalue weighted by atomic mass is 10.0. The molecule has 0 unspecified atom stereocenters. The number of carbonyl (C=O) groups is 1. The number of likely N-dealkylation sites (N-methyl/N-ethyl adjacent to an activating group) is 1. The summed E-state index contributed by atoms with van der Waals surface area (Å²) in [7, 11) is 3.47. The molecule has 0 aromatic heterocycles. The summed E-state index contributed by atoms with van der Waals surface area (Å²) >= 11 is 0. The van der Waals surface area contributed by atoms with Crippen LogP contribution >= 0.6 is 0 Å². The van der Waals surface area contributed by atoms with Crippen LogP contribution in [0.4, 0.5) is 0 Å². The molecule has 1 aliphatic carbocycles. The summed E-state index contributed by atoms with van der Waals surface area (Å²) in [5.41, 5.74) is 0.581. The molecule has 1 aromatic rings. The van der Waals surface area contributed by atoms with E-state index in [0.29, 0.717) is 30.3 Å². The highest BCUT2D eigenvalue weighted by molar-refractivity contribution is 5.97. The van der Waals surface area contributed by atoms with Gasteiger partial charge in [-0.1, -0.05) is 12.8 Å². The van der Waals surface area contributed by atoms with Gasteiger partial charge >= 0.3 is 0 Å². The minimum absolute atomic E-state index is 0.0298. The van der Waals surface area contributed by atoms with Gasteiger partial charge in [0.05, 0.1) is 25.3 Å². The van der Waals surface area contributed by atoms with Crippen molar-refractivity contribution in [3.05, 3.63) is 23.8 Å². The number of hydrogen-bond donors (Lipinski definition) is 0. The summed E-state index contributed by atoms with van der Waals surface area (Å²) in [6, 6.07) is 6.46. The maximum Gasteiger partial charge on any atom is 0.257 e. The van der Waals surface area contributed by atoms with Gasteiger partial charge in [0.1, 0.15) is 17.6 Å². The number of methoxy groups -OCH3 is 1. The number of benzene rings is 1. The second kappa shape index (κ2) is 9.35. The Morgan fingerprint density at radius 3 is 2.55 bits per heavy atom. The van der Waals surface area contributed by atoms with Gasteiger partial charge in [-0.3, -0.25) is 4.79 Å². The highest BCUT2D eigenvalue weighted by Crippen LogP contribution is 2.31. The largest absolute Gasteiger partial charge is 0.497 e. The summed E-state index contributed by atoms with van der Waals surface area (Å²) < 4.78 is 17.2. The first-order valence-electron chi connectivity index (χ1n) is 11.1. The number of carbonyl (C=O) groups excluding carboxylic acids is 1. The van der Waals surface area contributed by atoms with E-state index in [-0.39, 0.29) is 18.1 Å². The number of piperidine rings is 1. The lowest BCUT2D eigenvalue weighted by Gasteiger charge is -2.36. The summed E-state index contributed by atoms with van der Waals surface area (Å²) in [6.07, 6.45) is 8.51. The molecule has 29 heavy (non-hydrogen) atoms. The predicted molar refractivity (Wildman–Crippen MR) is 112 cm³/mol. The van der Waals surface area contributed by atoms with Crippen LogP contribution in [0.2, 0.25) is 0 Å². The molecule has 3 fully saturated rings. The number of nitrogens with zero attached hydrogens (tertiary/aromatic N) is 2. The molecule has 1 amide bonds. The molecular formula is C23H34N2O4. The second-order valence-electron chi connectivity index (χ2n) is 8.59. The third-order valence-corrected chi connectivity index (χ3v) is 6.80. The summed E-state index contributed by atoms with van der Waals surface area (Å²) in [5.74, 6) is 1.31. The fraction of sp³-hybridized carbons (Fsp3) is 0.696. The monoisotopic (exact) mass is 402 g/mol. The molecular weight excluding hydrogens is 368 g/mol. The molecule has 2 heterocycles. The molecule has 0 radical (unpaired) electrons. The van der Waals surface area contributed by atoms with Crippen LogP contribution in [-0.2, 0) is 4.74 Å². The Labute approximate surface area is 174 Å². The van der Waals surface area contributed by atoms with Crippen LogP contribution in [0.5, 0.6) is 11.5 Å². The van der Waals surface area contributed by atoms with Crippen LogP contribution in [0.15, 0.2) is 18.2 Å². The minimum atomic E-state index is -0.0298. The van der Waals surface area contributed by atoms with Gasteiger partial charge in [-0.15, -0.1) is 0 Å². The third kappa shape index (κ3) is 4.69. The number of ether oxygens (including phenoxy) is 3. The maximum atomic E-state index is 13.2. The maximum absolute atomic E-state index is 13.2. The molecule has 0 N–H and O–H groups in total. The van der Waals surface area contributed by atoms with E-state index in [0.717, 1.165) is 38.4 Å². The highest BCUT2D eigenvalue weighted by Gasteiger charge is 2.30. The zero-order valence-corrected chi connectivity index (χ0v) is 17.8. The van der Waals surface area contributed by atoms with Gasteiger partial charge < -0.3 is 24.0 Å². The van der Waals surface area contributed by atoms with E-state index in [2.05, 4.69) is 4.90 Å². The fourth-order valence-corrected chi connectivity index (χ4v) is 4.90. The van der Waals surface area contributed by atoms with Gasteiger partial charge in [0.25, 0.3) is 5.91 Å². The van der Waals surface area contributed by atoms with Gasteiger partial charge in [0, 0.05) is 32.8 Å². The van der Waals surface area contributed by atoms with Crippen LogP contribution < -0.4 is 9.47 Å². The minimum Gasteiger partial charge on any atom is -0.497 e. The van der Waals surface area contributed by atoms with Crippen molar-refractivity contribution in [2.45, 2.75) is 63.1 Å². The van der Waals surface area contributed by atoms with Crippen molar-refractivity contribution in [1.82, 2.24) is 9.80 Å². The molecule has 160 valence electrons. The topological polar surface area (TPSA) is 51.2 Å². The lowest BCUT2D eigenvalue weighted by Crippen LogP contribution is -2.43. The smallest absolute Gasteiger partial charge is 0.257 e. The number of rotatable bonds is 6. The van der Waals surface area contributed by atoms with Crippen LogP contribution in [0.3, 0.4) is 0 Å². The number of amides is 1. The van der Waals surface area contributed by atoms with Gasteiger partial charge in [-0.25, -0.2) is 0 Å². The van der Waals surface area contributed by atoms with Gasteiger partial charge in [-0.05, 0) is 50.3 Å². The first-order valence-corrected chi connectivity index (χ1v) is 11.1. The quantitative estimate of drug-likeness (QED) is 0.730. The highest BCUT2D eigenvalue weighted by atomic mass is 16.5. The Balaban J connectivity index is 1.43. The molecule has 1 atom stereocenters. The molecule has 2 aliphatic heterocycles. The van der Waals surface area contributed by atoms with Crippen molar-refractivity contribution >= 4 is 5.91 Å². The number of hydrogen-bond acceptors (Lipinski definition) is 5.